The summed E-state index contributed by atoms with van der Waals surface area (Å²) in [5, 5.41) is 9.70. The molecule has 142 valence electrons. The summed E-state index contributed by atoms with van der Waals surface area (Å²) < 4.78 is 17.4. The minimum atomic E-state index is 0.137. The molecule has 28 heavy (non-hydrogen) atoms. The standard InChI is InChI=1S/C21H18BrN3O3/c1-26-14-8-18(27-2)20(19(9-14)28-3)15-10-17(25-21(24)16(15)11-23)12-4-6-13(22)7-5-12/h4-10H,1-3H3,(H2,24,25). The molecule has 0 amide bonds. The molecule has 3 rings (SSSR count). The second-order valence-corrected chi connectivity index (χ2v) is 6.76. The number of methoxy groups -OCH3 is 3. The average Bonchev–Trinajstić information content (AvgIpc) is 2.72. The van der Waals surface area contributed by atoms with Gasteiger partial charge in [0.15, 0.2) is 0 Å². The van der Waals surface area contributed by atoms with E-state index in [1.165, 1.54) is 0 Å². The Kier molecular flexibility index (Phi) is 5.71. The minimum Gasteiger partial charge on any atom is -0.496 e. The van der Waals surface area contributed by atoms with Crippen LogP contribution in [-0.2, 0) is 0 Å². The van der Waals surface area contributed by atoms with Crippen LogP contribution in [0.25, 0.3) is 22.4 Å². The summed E-state index contributed by atoms with van der Waals surface area (Å²) >= 11 is 3.42. The number of rotatable bonds is 5. The summed E-state index contributed by atoms with van der Waals surface area (Å²) in [6.07, 6.45) is 0. The van der Waals surface area contributed by atoms with Gasteiger partial charge in [0, 0.05) is 27.7 Å². The van der Waals surface area contributed by atoms with Crippen molar-refractivity contribution in [1.82, 2.24) is 4.98 Å². The van der Waals surface area contributed by atoms with Crippen molar-refractivity contribution in [2.75, 3.05) is 27.1 Å². The molecule has 3 aromatic rings. The van der Waals surface area contributed by atoms with Gasteiger partial charge in [-0.25, -0.2) is 4.98 Å². The fourth-order valence-corrected chi connectivity index (χ4v) is 3.18. The smallest absolute Gasteiger partial charge is 0.142 e. The number of hydrogen-bond acceptors (Lipinski definition) is 6. The van der Waals surface area contributed by atoms with Crippen molar-refractivity contribution in [2.45, 2.75) is 0 Å². The second-order valence-electron chi connectivity index (χ2n) is 5.84. The fraction of sp³-hybridized carbons (Fsp3) is 0.143. The summed E-state index contributed by atoms with van der Waals surface area (Å²) in [6.45, 7) is 0. The predicted molar refractivity (Wildman–Crippen MR) is 112 cm³/mol. The van der Waals surface area contributed by atoms with Gasteiger partial charge in [0.25, 0.3) is 0 Å². The molecule has 0 spiro atoms. The Labute approximate surface area is 171 Å². The zero-order chi connectivity index (χ0) is 20.3. The number of benzene rings is 2. The number of nitrogens with two attached hydrogens (primary N) is 1. The minimum absolute atomic E-state index is 0.137. The van der Waals surface area contributed by atoms with Gasteiger partial charge in [-0.2, -0.15) is 5.26 Å². The van der Waals surface area contributed by atoms with E-state index in [2.05, 4.69) is 27.0 Å². The Balaban J connectivity index is 2.32. The quantitative estimate of drug-likeness (QED) is 0.621. The van der Waals surface area contributed by atoms with Gasteiger partial charge in [-0.05, 0) is 18.2 Å². The van der Waals surface area contributed by atoms with Crippen LogP contribution in [0.5, 0.6) is 17.2 Å². The van der Waals surface area contributed by atoms with Crippen LogP contribution in [0.2, 0.25) is 0 Å². The number of nitrogens with zero attached hydrogens (tertiary/aromatic N) is 2. The molecule has 6 nitrogen and oxygen atoms in total. The first-order chi connectivity index (χ1) is 13.5. The average molecular weight is 440 g/mol. The van der Waals surface area contributed by atoms with Crippen LogP contribution in [0.3, 0.4) is 0 Å². The van der Waals surface area contributed by atoms with Gasteiger partial charge >= 0.3 is 0 Å². The molecular formula is C21H18BrN3O3. The molecule has 0 unspecified atom stereocenters. The van der Waals surface area contributed by atoms with Crippen LogP contribution >= 0.6 is 15.9 Å². The molecule has 1 aromatic heterocycles. The van der Waals surface area contributed by atoms with E-state index >= 15 is 0 Å². The molecule has 0 aliphatic rings. The highest BCUT2D eigenvalue weighted by Crippen LogP contribution is 2.44. The molecule has 0 aliphatic carbocycles. The van der Waals surface area contributed by atoms with E-state index in [9.17, 15) is 5.26 Å². The van der Waals surface area contributed by atoms with Crippen molar-refractivity contribution < 1.29 is 14.2 Å². The molecule has 0 radical (unpaired) electrons. The zero-order valence-electron chi connectivity index (χ0n) is 15.6. The number of ether oxygens (including phenoxy) is 3. The normalized spacial score (nSPS) is 10.2. The topological polar surface area (TPSA) is 90.4 Å². The summed E-state index contributed by atoms with van der Waals surface area (Å²) in [5.74, 6) is 1.71. The highest BCUT2D eigenvalue weighted by atomic mass is 79.9. The highest BCUT2D eigenvalue weighted by molar-refractivity contribution is 9.10. The van der Waals surface area contributed by atoms with Crippen LogP contribution in [0.1, 0.15) is 5.56 Å². The van der Waals surface area contributed by atoms with Crippen LogP contribution in [0.15, 0.2) is 46.9 Å². The van der Waals surface area contributed by atoms with Crippen LogP contribution in [0, 0.1) is 11.3 Å². The van der Waals surface area contributed by atoms with Gasteiger partial charge in [-0.15, -0.1) is 0 Å². The third-order valence-electron chi connectivity index (χ3n) is 4.28. The first kappa shape index (κ1) is 19.5. The number of aromatic nitrogens is 1. The lowest BCUT2D eigenvalue weighted by Gasteiger charge is -2.17. The number of hydrogen-bond donors (Lipinski definition) is 1. The van der Waals surface area contributed by atoms with E-state index in [1.54, 1.807) is 33.5 Å². The monoisotopic (exact) mass is 439 g/mol. The fourth-order valence-electron chi connectivity index (χ4n) is 2.92. The van der Waals surface area contributed by atoms with Crippen LogP contribution in [-0.4, -0.2) is 26.3 Å². The van der Waals surface area contributed by atoms with Gasteiger partial charge in [-0.1, -0.05) is 28.1 Å². The highest BCUT2D eigenvalue weighted by Gasteiger charge is 2.21. The lowest BCUT2D eigenvalue weighted by Crippen LogP contribution is -2.02. The lowest BCUT2D eigenvalue weighted by molar-refractivity contribution is 0.377. The third kappa shape index (κ3) is 3.59. The maximum atomic E-state index is 9.70. The molecule has 0 saturated carbocycles. The molecule has 0 bridgehead atoms. The van der Waals surface area contributed by atoms with Crippen molar-refractivity contribution in [2.24, 2.45) is 0 Å². The first-order valence-electron chi connectivity index (χ1n) is 8.29. The zero-order valence-corrected chi connectivity index (χ0v) is 17.2. The molecule has 2 aromatic carbocycles. The number of nitrogen functional groups attached to an aromatic ring is 1. The van der Waals surface area contributed by atoms with Crippen LogP contribution < -0.4 is 19.9 Å². The summed E-state index contributed by atoms with van der Waals surface area (Å²) in [7, 11) is 4.65. The van der Waals surface area contributed by atoms with Gasteiger partial charge in [0.1, 0.15) is 34.7 Å². The molecule has 2 N–H and O–H groups in total. The molecule has 0 atom stereocenters. The van der Waals surface area contributed by atoms with Crippen molar-refractivity contribution in [3.63, 3.8) is 0 Å². The van der Waals surface area contributed by atoms with E-state index in [1.807, 2.05) is 30.3 Å². The molecular weight excluding hydrogens is 422 g/mol. The predicted octanol–water partition coefficient (Wildman–Crippen LogP) is 4.66. The largest absolute Gasteiger partial charge is 0.496 e. The van der Waals surface area contributed by atoms with Crippen LogP contribution in [0.4, 0.5) is 5.82 Å². The number of nitriles is 1. The van der Waals surface area contributed by atoms with E-state index in [0.717, 1.165) is 10.0 Å². The SMILES string of the molecule is COc1cc(OC)c(-c2cc(-c3ccc(Br)cc3)nc(N)c2C#N)c(OC)c1. The summed E-state index contributed by atoms with van der Waals surface area (Å²) in [6, 6.07) is 15.1. The molecule has 7 heteroatoms. The van der Waals surface area contributed by atoms with E-state index in [-0.39, 0.29) is 11.4 Å². The number of anilines is 1. The Morgan fingerprint density at radius 1 is 0.964 bits per heavy atom. The number of halogens is 1. The van der Waals surface area contributed by atoms with E-state index < -0.39 is 0 Å². The Morgan fingerprint density at radius 3 is 2.07 bits per heavy atom. The molecule has 1 heterocycles. The lowest BCUT2D eigenvalue weighted by atomic mass is 9.96. The summed E-state index contributed by atoms with van der Waals surface area (Å²) in [4.78, 5) is 4.41. The van der Waals surface area contributed by atoms with Crippen molar-refractivity contribution >= 4 is 21.7 Å². The van der Waals surface area contributed by atoms with Gasteiger partial charge in [0.2, 0.25) is 0 Å². The Hall–Kier alpha value is -3.24. The first-order valence-corrected chi connectivity index (χ1v) is 9.08. The van der Waals surface area contributed by atoms with Crippen molar-refractivity contribution in [3.05, 3.63) is 52.5 Å². The van der Waals surface area contributed by atoms with Gasteiger partial charge in [0.05, 0.1) is 32.6 Å². The maximum Gasteiger partial charge on any atom is 0.142 e. The van der Waals surface area contributed by atoms with Gasteiger partial charge < -0.3 is 19.9 Å². The van der Waals surface area contributed by atoms with E-state index in [4.69, 9.17) is 19.9 Å². The Bertz CT molecular complexity index is 1030. The van der Waals surface area contributed by atoms with E-state index in [0.29, 0.717) is 34.1 Å². The second kappa shape index (κ2) is 8.19. The maximum absolute atomic E-state index is 9.70. The Morgan fingerprint density at radius 2 is 1.57 bits per heavy atom. The molecule has 0 fully saturated rings. The molecule has 0 aliphatic heterocycles. The van der Waals surface area contributed by atoms with Crippen molar-refractivity contribution in [1.29, 1.82) is 5.26 Å². The third-order valence-corrected chi connectivity index (χ3v) is 4.81. The van der Waals surface area contributed by atoms with Gasteiger partial charge in [-0.3, -0.25) is 0 Å². The van der Waals surface area contributed by atoms with Crippen molar-refractivity contribution in [3.8, 4) is 45.7 Å². The molecule has 0 saturated heterocycles. The summed E-state index contributed by atoms with van der Waals surface area (Å²) in [5.41, 5.74) is 9.06. The number of pyridine rings is 1.